The van der Waals surface area contributed by atoms with Gasteiger partial charge < -0.3 is 15.2 Å². The van der Waals surface area contributed by atoms with Crippen molar-refractivity contribution < 1.29 is 9.84 Å². The zero-order valence-corrected chi connectivity index (χ0v) is 9.08. The number of rotatable bonds is 4. The van der Waals surface area contributed by atoms with Gasteiger partial charge >= 0.3 is 0 Å². The Hall–Kier alpha value is -0.800. The summed E-state index contributed by atoms with van der Waals surface area (Å²) >= 11 is 0. The van der Waals surface area contributed by atoms with E-state index < -0.39 is 0 Å². The van der Waals surface area contributed by atoms with Crippen molar-refractivity contribution in [3.05, 3.63) is 24.0 Å². The van der Waals surface area contributed by atoms with Crippen LogP contribution in [0.3, 0.4) is 0 Å². The molecule has 0 aromatic heterocycles. The van der Waals surface area contributed by atoms with Gasteiger partial charge in [-0.3, -0.25) is 0 Å². The molecule has 80 valence electrons. The third kappa shape index (κ3) is 1.83. The summed E-state index contributed by atoms with van der Waals surface area (Å²) in [5.41, 5.74) is -0.146. The Morgan fingerprint density at radius 3 is 2.86 bits per heavy atom. The minimum Gasteiger partial charge on any atom is -0.500 e. The van der Waals surface area contributed by atoms with E-state index in [0.29, 0.717) is 0 Å². The van der Waals surface area contributed by atoms with E-state index in [-0.39, 0.29) is 17.9 Å². The van der Waals surface area contributed by atoms with Crippen LogP contribution in [0.2, 0.25) is 0 Å². The standard InChI is InChI=1S/C11H19NO2/c1-11(8-12-2)9(7-13)5-4-6-10(11)14-3/h4-6,9,12-13H,7-8H2,1-3H3. The summed E-state index contributed by atoms with van der Waals surface area (Å²) in [6.45, 7) is 3.04. The molecule has 0 spiro atoms. The maximum Gasteiger partial charge on any atom is 0.103 e. The van der Waals surface area contributed by atoms with Gasteiger partial charge in [0.15, 0.2) is 0 Å². The molecule has 14 heavy (non-hydrogen) atoms. The summed E-state index contributed by atoms with van der Waals surface area (Å²) in [4.78, 5) is 0. The first kappa shape index (κ1) is 11.3. The van der Waals surface area contributed by atoms with E-state index in [1.165, 1.54) is 0 Å². The molecule has 0 aromatic carbocycles. The van der Waals surface area contributed by atoms with E-state index in [0.717, 1.165) is 12.3 Å². The van der Waals surface area contributed by atoms with E-state index >= 15 is 0 Å². The van der Waals surface area contributed by atoms with Gasteiger partial charge in [0, 0.05) is 17.9 Å². The summed E-state index contributed by atoms with van der Waals surface area (Å²) < 4.78 is 5.35. The molecular formula is C11H19NO2. The van der Waals surface area contributed by atoms with Crippen LogP contribution < -0.4 is 5.32 Å². The minimum atomic E-state index is -0.146. The van der Waals surface area contributed by atoms with Crippen molar-refractivity contribution in [1.82, 2.24) is 5.32 Å². The molecule has 0 aromatic rings. The smallest absolute Gasteiger partial charge is 0.103 e. The van der Waals surface area contributed by atoms with Gasteiger partial charge in [-0.1, -0.05) is 19.1 Å². The zero-order chi connectivity index (χ0) is 10.6. The molecule has 0 fully saturated rings. The quantitative estimate of drug-likeness (QED) is 0.704. The SMILES string of the molecule is CNCC1(C)C(OC)=CC=CC1CO. The second-order valence-corrected chi connectivity index (χ2v) is 3.86. The largest absolute Gasteiger partial charge is 0.500 e. The van der Waals surface area contributed by atoms with Gasteiger partial charge in [0.2, 0.25) is 0 Å². The number of methoxy groups -OCH3 is 1. The van der Waals surface area contributed by atoms with Crippen molar-refractivity contribution in [3.8, 4) is 0 Å². The predicted molar refractivity (Wildman–Crippen MR) is 56.8 cm³/mol. The van der Waals surface area contributed by atoms with Gasteiger partial charge in [-0.15, -0.1) is 0 Å². The van der Waals surface area contributed by atoms with Gasteiger partial charge in [-0.2, -0.15) is 0 Å². The fourth-order valence-corrected chi connectivity index (χ4v) is 2.01. The first-order chi connectivity index (χ1) is 6.69. The Balaban J connectivity index is 2.93. The van der Waals surface area contributed by atoms with Crippen LogP contribution in [-0.4, -0.2) is 32.4 Å². The minimum absolute atomic E-state index is 0.120. The first-order valence-electron chi connectivity index (χ1n) is 4.87. The number of ether oxygens (including phenoxy) is 1. The van der Waals surface area contributed by atoms with E-state index in [1.54, 1.807) is 7.11 Å². The number of aliphatic hydroxyl groups is 1. The number of nitrogens with one attached hydrogen (secondary N) is 1. The Labute approximate surface area is 85.5 Å². The van der Waals surface area contributed by atoms with E-state index in [9.17, 15) is 5.11 Å². The predicted octanol–water partition coefficient (Wildman–Crippen LogP) is 0.921. The van der Waals surface area contributed by atoms with Crippen LogP contribution in [0.15, 0.2) is 24.0 Å². The van der Waals surface area contributed by atoms with Gasteiger partial charge in [-0.05, 0) is 13.1 Å². The average molecular weight is 197 g/mol. The van der Waals surface area contributed by atoms with Crippen molar-refractivity contribution >= 4 is 0 Å². The van der Waals surface area contributed by atoms with Crippen LogP contribution in [-0.2, 0) is 4.74 Å². The molecule has 1 aliphatic carbocycles. The fourth-order valence-electron chi connectivity index (χ4n) is 2.01. The molecule has 1 rings (SSSR count). The maximum atomic E-state index is 9.30. The summed E-state index contributed by atoms with van der Waals surface area (Å²) in [6, 6.07) is 0. The Morgan fingerprint density at radius 2 is 2.36 bits per heavy atom. The Bertz CT molecular complexity index is 248. The third-order valence-corrected chi connectivity index (χ3v) is 2.93. The highest BCUT2D eigenvalue weighted by Crippen LogP contribution is 2.38. The summed E-state index contributed by atoms with van der Waals surface area (Å²) in [5, 5.41) is 12.4. The lowest BCUT2D eigenvalue weighted by atomic mass is 9.73. The van der Waals surface area contributed by atoms with Crippen LogP contribution in [0, 0.1) is 11.3 Å². The molecule has 0 heterocycles. The fraction of sp³-hybridized carbons (Fsp3) is 0.636. The molecule has 0 aliphatic heterocycles. The topological polar surface area (TPSA) is 41.5 Å². The highest BCUT2D eigenvalue weighted by Gasteiger charge is 2.38. The lowest BCUT2D eigenvalue weighted by molar-refractivity contribution is 0.0987. The van der Waals surface area contributed by atoms with Crippen LogP contribution in [0.1, 0.15) is 6.92 Å². The second-order valence-electron chi connectivity index (χ2n) is 3.86. The van der Waals surface area contributed by atoms with Crippen molar-refractivity contribution in [1.29, 1.82) is 0 Å². The van der Waals surface area contributed by atoms with Crippen molar-refractivity contribution in [3.63, 3.8) is 0 Å². The second kappa shape index (κ2) is 4.62. The van der Waals surface area contributed by atoms with Gasteiger partial charge in [0.1, 0.15) is 5.76 Å². The monoisotopic (exact) mass is 197 g/mol. The molecule has 0 radical (unpaired) electrons. The molecule has 0 saturated heterocycles. The number of hydrogen-bond donors (Lipinski definition) is 2. The third-order valence-electron chi connectivity index (χ3n) is 2.93. The number of allylic oxidation sites excluding steroid dienone is 2. The van der Waals surface area contributed by atoms with Crippen LogP contribution in [0.5, 0.6) is 0 Å². The molecular weight excluding hydrogens is 178 g/mol. The maximum absolute atomic E-state index is 9.30. The van der Waals surface area contributed by atoms with Crippen LogP contribution in [0.4, 0.5) is 0 Å². The normalized spacial score (nSPS) is 31.4. The molecule has 2 N–H and O–H groups in total. The lowest BCUT2D eigenvalue weighted by Crippen LogP contribution is -2.41. The van der Waals surface area contributed by atoms with Gasteiger partial charge in [-0.25, -0.2) is 0 Å². The van der Waals surface area contributed by atoms with Crippen molar-refractivity contribution in [2.45, 2.75) is 6.92 Å². The molecule has 2 atom stereocenters. The highest BCUT2D eigenvalue weighted by atomic mass is 16.5. The summed E-state index contributed by atoms with van der Waals surface area (Å²) in [7, 11) is 3.58. The lowest BCUT2D eigenvalue weighted by Gasteiger charge is -2.38. The van der Waals surface area contributed by atoms with E-state index in [2.05, 4.69) is 12.2 Å². The zero-order valence-electron chi connectivity index (χ0n) is 9.08. The molecule has 1 aliphatic rings. The Kier molecular flexibility index (Phi) is 3.72. The molecule has 0 saturated carbocycles. The van der Waals surface area contributed by atoms with Crippen molar-refractivity contribution in [2.24, 2.45) is 11.3 Å². The van der Waals surface area contributed by atoms with E-state index in [1.807, 2.05) is 25.3 Å². The summed E-state index contributed by atoms with van der Waals surface area (Å²) in [6.07, 6.45) is 5.93. The van der Waals surface area contributed by atoms with Gasteiger partial charge in [0.25, 0.3) is 0 Å². The number of hydrogen-bond acceptors (Lipinski definition) is 3. The number of aliphatic hydroxyl groups excluding tert-OH is 1. The highest BCUT2D eigenvalue weighted by molar-refractivity contribution is 5.24. The molecule has 2 unspecified atom stereocenters. The van der Waals surface area contributed by atoms with E-state index in [4.69, 9.17) is 4.74 Å². The average Bonchev–Trinajstić information content (AvgIpc) is 2.18. The van der Waals surface area contributed by atoms with Crippen LogP contribution in [0.25, 0.3) is 0 Å². The first-order valence-corrected chi connectivity index (χ1v) is 4.87. The molecule has 3 nitrogen and oxygen atoms in total. The van der Waals surface area contributed by atoms with Crippen molar-refractivity contribution in [2.75, 3.05) is 27.3 Å². The molecule has 3 heteroatoms. The van der Waals surface area contributed by atoms with Gasteiger partial charge in [0.05, 0.1) is 13.7 Å². The molecule has 0 bridgehead atoms. The summed E-state index contributed by atoms with van der Waals surface area (Å²) in [5.74, 6) is 1.04. The molecule has 0 amide bonds. The van der Waals surface area contributed by atoms with Crippen LogP contribution >= 0.6 is 0 Å². The Morgan fingerprint density at radius 1 is 1.64 bits per heavy atom.